The highest BCUT2D eigenvalue weighted by Crippen LogP contribution is 2.10. The van der Waals surface area contributed by atoms with Crippen LogP contribution >= 0.6 is 11.8 Å². The van der Waals surface area contributed by atoms with Crippen molar-refractivity contribution in [3.05, 3.63) is 35.9 Å². The van der Waals surface area contributed by atoms with Crippen molar-refractivity contribution in [1.29, 1.82) is 0 Å². The lowest BCUT2D eigenvalue weighted by Gasteiger charge is -2.25. The van der Waals surface area contributed by atoms with Crippen LogP contribution in [-0.4, -0.2) is 47.2 Å². The molecule has 0 radical (unpaired) electrons. The van der Waals surface area contributed by atoms with E-state index in [1.807, 2.05) is 50.4 Å². The summed E-state index contributed by atoms with van der Waals surface area (Å²) in [4.78, 5) is 36.0. The van der Waals surface area contributed by atoms with Crippen LogP contribution in [0.4, 0.5) is 4.79 Å². The molecule has 1 rings (SSSR count). The third-order valence-corrected chi connectivity index (χ3v) is 4.85. The Morgan fingerprint density at radius 3 is 2.41 bits per heavy atom. The lowest BCUT2D eigenvalue weighted by atomic mass is 9.98. The van der Waals surface area contributed by atoms with Crippen LogP contribution in [0.25, 0.3) is 0 Å². The molecule has 2 amide bonds. The number of carboxylic acid groups (broad SMARTS) is 1. The number of hydrogen-bond acceptors (Lipinski definition) is 5. The predicted molar refractivity (Wildman–Crippen MR) is 106 cm³/mol. The molecule has 3 N–H and O–H groups in total. The molecule has 0 aromatic heterocycles. The van der Waals surface area contributed by atoms with E-state index in [1.165, 1.54) is 11.8 Å². The van der Waals surface area contributed by atoms with Crippen molar-refractivity contribution in [2.45, 2.75) is 45.4 Å². The van der Waals surface area contributed by atoms with Gasteiger partial charge in [-0.25, -0.2) is 9.59 Å². The van der Waals surface area contributed by atoms with E-state index in [4.69, 9.17) is 4.74 Å². The maximum atomic E-state index is 12.6. The van der Waals surface area contributed by atoms with E-state index in [2.05, 4.69) is 10.6 Å². The Hall–Kier alpha value is -2.22. The van der Waals surface area contributed by atoms with E-state index in [-0.39, 0.29) is 12.5 Å². The monoisotopic (exact) mass is 396 g/mol. The van der Waals surface area contributed by atoms with Gasteiger partial charge in [-0.05, 0) is 29.9 Å². The zero-order valence-electron chi connectivity index (χ0n) is 15.9. The first-order chi connectivity index (χ1) is 12.9. The third-order valence-electron chi connectivity index (χ3n) is 4.21. The van der Waals surface area contributed by atoms with Crippen LogP contribution in [0, 0.1) is 5.92 Å². The molecule has 27 heavy (non-hydrogen) atoms. The van der Waals surface area contributed by atoms with Gasteiger partial charge in [-0.15, -0.1) is 0 Å². The van der Waals surface area contributed by atoms with Crippen LogP contribution < -0.4 is 10.6 Å². The molecule has 2 unspecified atom stereocenters. The SMILES string of the molecule is CCC(C)C(NC(=O)OCc1ccccc1)C(=O)N[C@@H](CCSC)C(=O)O. The zero-order chi connectivity index (χ0) is 20.2. The van der Waals surface area contributed by atoms with Crippen LogP contribution in [0.1, 0.15) is 32.3 Å². The molecule has 0 saturated carbocycles. The molecule has 3 atom stereocenters. The Labute approximate surface area is 164 Å². The van der Waals surface area contributed by atoms with Crippen molar-refractivity contribution in [3.63, 3.8) is 0 Å². The van der Waals surface area contributed by atoms with E-state index in [0.717, 1.165) is 5.56 Å². The molecule has 150 valence electrons. The molecule has 0 bridgehead atoms. The molecular formula is C19H28N2O5S. The summed E-state index contributed by atoms with van der Waals surface area (Å²) in [6.07, 6.45) is 2.11. The lowest BCUT2D eigenvalue weighted by molar-refractivity contribution is -0.142. The molecule has 0 saturated heterocycles. The van der Waals surface area contributed by atoms with E-state index in [0.29, 0.717) is 18.6 Å². The summed E-state index contributed by atoms with van der Waals surface area (Å²) in [5.74, 6) is -1.18. The van der Waals surface area contributed by atoms with Crippen LogP contribution in [0.5, 0.6) is 0 Å². The van der Waals surface area contributed by atoms with Crippen molar-refractivity contribution in [2.75, 3.05) is 12.0 Å². The van der Waals surface area contributed by atoms with Crippen LogP contribution in [0.3, 0.4) is 0 Å². The number of ether oxygens (including phenoxy) is 1. The number of carbonyl (C=O) groups excluding carboxylic acids is 2. The Morgan fingerprint density at radius 1 is 1.19 bits per heavy atom. The fourth-order valence-electron chi connectivity index (χ4n) is 2.35. The minimum absolute atomic E-state index is 0.0903. The summed E-state index contributed by atoms with van der Waals surface area (Å²) in [7, 11) is 0. The average Bonchev–Trinajstić information content (AvgIpc) is 2.67. The van der Waals surface area contributed by atoms with E-state index in [1.54, 1.807) is 0 Å². The molecule has 0 aliphatic heterocycles. The van der Waals surface area contributed by atoms with Gasteiger partial charge >= 0.3 is 12.1 Å². The summed E-state index contributed by atoms with van der Waals surface area (Å²) in [6.45, 7) is 3.80. The third kappa shape index (κ3) is 8.34. The van der Waals surface area contributed by atoms with Gasteiger partial charge in [0.2, 0.25) is 5.91 Å². The number of thioether (sulfide) groups is 1. The lowest BCUT2D eigenvalue weighted by Crippen LogP contribution is -2.54. The quantitative estimate of drug-likeness (QED) is 0.531. The number of aliphatic carboxylic acids is 1. The molecule has 0 aliphatic rings. The number of rotatable bonds is 11. The predicted octanol–water partition coefficient (Wildman–Crippen LogP) is 2.65. The molecular weight excluding hydrogens is 368 g/mol. The molecule has 0 heterocycles. The summed E-state index contributed by atoms with van der Waals surface area (Å²) in [6, 6.07) is 7.35. The fourth-order valence-corrected chi connectivity index (χ4v) is 2.82. The highest BCUT2D eigenvalue weighted by atomic mass is 32.2. The highest BCUT2D eigenvalue weighted by Gasteiger charge is 2.30. The number of alkyl carbamates (subject to hydrolysis) is 1. The van der Waals surface area contributed by atoms with E-state index < -0.39 is 30.1 Å². The fraction of sp³-hybridized carbons (Fsp3) is 0.526. The van der Waals surface area contributed by atoms with Crippen molar-refractivity contribution in [2.24, 2.45) is 5.92 Å². The molecule has 0 aliphatic carbocycles. The molecule has 0 fully saturated rings. The van der Waals surface area contributed by atoms with Crippen molar-refractivity contribution in [1.82, 2.24) is 10.6 Å². The van der Waals surface area contributed by atoms with Gasteiger partial charge in [-0.1, -0.05) is 50.6 Å². The second-order valence-electron chi connectivity index (χ2n) is 6.25. The van der Waals surface area contributed by atoms with Crippen LogP contribution in [0.2, 0.25) is 0 Å². The van der Waals surface area contributed by atoms with Crippen molar-refractivity contribution in [3.8, 4) is 0 Å². The second-order valence-corrected chi connectivity index (χ2v) is 7.24. The molecule has 7 nitrogen and oxygen atoms in total. The Kier molecular flexibility index (Phi) is 10.3. The van der Waals surface area contributed by atoms with Gasteiger partial charge in [0.05, 0.1) is 0 Å². The maximum absolute atomic E-state index is 12.6. The number of carboxylic acids is 1. The van der Waals surface area contributed by atoms with Gasteiger partial charge in [0.1, 0.15) is 18.7 Å². The number of nitrogens with one attached hydrogen (secondary N) is 2. The molecule has 0 spiro atoms. The van der Waals surface area contributed by atoms with Gasteiger partial charge in [-0.3, -0.25) is 4.79 Å². The molecule has 1 aromatic carbocycles. The minimum Gasteiger partial charge on any atom is -0.480 e. The largest absolute Gasteiger partial charge is 0.480 e. The maximum Gasteiger partial charge on any atom is 0.408 e. The van der Waals surface area contributed by atoms with Crippen LogP contribution in [0.15, 0.2) is 30.3 Å². The van der Waals surface area contributed by atoms with E-state index in [9.17, 15) is 19.5 Å². The average molecular weight is 397 g/mol. The van der Waals surface area contributed by atoms with Gasteiger partial charge in [0, 0.05) is 0 Å². The normalized spacial score (nSPS) is 13.9. The standard InChI is InChI=1S/C19H28N2O5S/c1-4-13(2)16(17(22)20-15(18(23)24)10-11-27-3)21-19(25)26-12-14-8-6-5-7-9-14/h5-9,13,15-16H,4,10-12H2,1-3H3,(H,20,22)(H,21,25)(H,23,24)/t13?,15-,16?/m0/s1. The smallest absolute Gasteiger partial charge is 0.408 e. The van der Waals surface area contributed by atoms with Crippen molar-refractivity contribution >= 4 is 29.7 Å². The van der Waals surface area contributed by atoms with Crippen LogP contribution in [-0.2, 0) is 20.9 Å². The van der Waals surface area contributed by atoms with Gasteiger partial charge in [0.15, 0.2) is 0 Å². The summed E-state index contributed by atoms with van der Waals surface area (Å²) in [5, 5.41) is 14.4. The highest BCUT2D eigenvalue weighted by molar-refractivity contribution is 7.98. The van der Waals surface area contributed by atoms with Gasteiger partial charge in [0.25, 0.3) is 0 Å². The Bertz CT molecular complexity index is 611. The summed E-state index contributed by atoms with van der Waals surface area (Å²) in [5.41, 5.74) is 0.834. The summed E-state index contributed by atoms with van der Waals surface area (Å²) < 4.78 is 5.17. The minimum atomic E-state index is -1.09. The first-order valence-corrected chi connectivity index (χ1v) is 10.3. The number of carbonyl (C=O) groups is 3. The van der Waals surface area contributed by atoms with Gasteiger partial charge < -0.3 is 20.5 Å². The number of benzene rings is 1. The summed E-state index contributed by atoms with van der Waals surface area (Å²) >= 11 is 1.50. The zero-order valence-corrected chi connectivity index (χ0v) is 16.8. The number of hydrogen-bond donors (Lipinski definition) is 3. The van der Waals surface area contributed by atoms with Crippen molar-refractivity contribution < 1.29 is 24.2 Å². The first kappa shape index (κ1) is 22.8. The Morgan fingerprint density at radius 2 is 1.85 bits per heavy atom. The second kappa shape index (κ2) is 12.2. The molecule has 1 aromatic rings. The topological polar surface area (TPSA) is 105 Å². The Balaban J connectivity index is 2.68. The molecule has 8 heteroatoms. The van der Waals surface area contributed by atoms with Gasteiger partial charge in [-0.2, -0.15) is 11.8 Å². The number of amides is 2. The first-order valence-electron chi connectivity index (χ1n) is 8.88. The van der Waals surface area contributed by atoms with E-state index >= 15 is 0 Å².